The van der Waals surface area contributed by atoms with Crippen LogP contribution in [0.4, 0.5) is 0 Å². The third-order valence-corrected chi connectivity index (χ3v) is 6.40. The summed E-state index contributed by atoms with van der Waals surface area (Å²) in [6, 6.07) is 17.8. The second kappa shape index (κ2) is 8.20. The molecule has 2 heterocycles. The molecule has 0 atom stereocenters. The van der Waals surface area contributed by atoms with Gasteiger partial charge in [-0.2, -0.15) is 0 Å². The van der Waals surface area contributed by atoms with E-state index in [1.807, 2.05) is 66.9 Å². The largest absolute Gasteiger partial charge is 0.496 e. The summed E-state index contributed by atoms with van der Waals surface area (Å²) >= 11 is 3.21. The van der Waals surface area contributed by atoms with Crippen molar-refractivity contribution in [2.24, 2.45) is 0 Å². The van der Waals surface area contributed by atoms with Gasteiger partial charge in [0.05, 0.1) is 24.6 Å². The van der Waals surface area contributed by atoms with Crippen LogP contribution in [0.15, 0.2) is 69.9 Å². The van der Waals surface area contributed by atoms with Gasteiger partial charge in [0.25, 0.3) is 5.56 Å². The van der Waals surface area contributed by atoms with Gasteiger partial charge in [-0.3, -0.25) is 9.36 Å². The van der Waals surface area contributed by atoms with Crippen molar-refractivity contribution in [1.82, 2.24) is 9.55 Å². The minimum Gasteiger partial charge on any atom is -0.496 e. The molecule has 0 saturated heterocycles. The predicted octanol–water partition coefficient (Wildman–Crippen LogP) is 5.12. The van der Waals surface area contributed by atoms with E-state index in [-0.39, 0.29) is 5.56 Å². The number of hydrogen-bond acceptors (Lipinski definition) is 5. The van der Waals surface area contributed by atoms with E-state index in [4.69, 9.17) is 9.72 Å². The van der Waals surface area contributed by atoms with Gasteiger partial charge in [-0.05, 0) is 36.6 Å². The zero-order valence-corrected chi connectivity index (χ0v) is 17.3. The molecule has 0 radical (unpaired) electrons. The first-order chi connectivity index (χ1) is 13.7. The predicted molar refractivity (Wildman–Crippen MR) is 117 cm³/mol. The lowest BCUT2D eigenvalue weighted by Crippen LogP contribution is -2.23. The molecule has 0 fully saturated rings. The molecule has 0 amide bonds. The number of fused-ring (bicyclic) bond motifs is 1. The molecule has 4 aromatic rings. The second-order valence-corrected chi connectivity index (χ2v) is 8.46. The summed E-state index contributed by atoms with van der Waals surface area (Å²) < 4.78 is 7.24. The zero-order valence-electron chi connectivity index (χ0n) is 15.7. The summed E-state index contributed by atoms with van der Waals surface area (Å²) in [6.45, 7) is 2.52. The monoisotopic (exact) mass is 408 g/mol. The van der Waals surface area contributed by atoms with Crippen LogP contribution in [0.25, 0.3) is 10.9 Å². The van der Waals surface area contributed by atoms with Crippen LogP contribution in [0.2, 0.25) is 0 Å². The molecule has 0 aliphatic heterocycles. The topological polar surface area (TPSA) is 44.1 Å². The number of aromatic nitrogens is 2. The Labute approximate surface area is 171 Å². The van der Waals surface area contributed by atoms with E-state index in [1.54, 1.807) is 34.8 Å². The Morgan fingerprint density at radius 1 is 1.14 bits per heavy atom. The summed E-state index contributed by atoms with van der Waals surface area (Å²) in [5, 5.41) is 3.42. The van der Waals surface area contributed by atoms with Gasteiger partial charge in [-0.15, -0.1) is 11.3 Å². The van der Waals surface area contributed by atoms with Crippen molar-refractivity contribution in [1.29, 1.82) is 0 Å². The Balaban J connectivity index is 1.77. The van der Waals surface area contributed by atoms with Crippen molar-refractivity contribution in [3.05, 3.63) is 86.3 Å². The van der Waals surface area contributed by atoms with Crippen LogP contribution >= 0.6 is 23.1 Å². The lowest BCUT2D eigenvalue weighted by Gasteiger charge is -2.13. The van der Waals surface area contributed by atoms with Crippen molar-refractivity contribution in [2.75, 3.05) is 7.11 Å². The highest BCUT2D eigenvalue weighted by molar-refractivity contribution is 7.98. The number of para-hydroxylation sites is 1. The maximum atomic E-state index is 13.3. The minimum absolute atomic E-state index is 0.00428. The SMILES string of the molecule is COc1ccccc1CSc1nc2ccc(C)cc2c(=O)n1Cc1cccs1. The maximum Gasteiger partial charge on any atom is 0.262 e. The Morgan fingerprint density at radius 2 is 2.00 bits per heavy atom. The Kier molecular flexibility index (Phi) is 5.50. The smallest absolute Gasteiger partial charge is 0.262 e. The zero-order chi connectivity index (χ0) is 19.5. The molecule has 0 unspecified atom stereocenters. The summed E-state index contributed by atoms with van der Waals surface area (Å²) in [5.74, 6) is 1.52. The number of thiophene rings is 1. The van der Waals surface area contributed by atoms with E-state index in [2.05, 4.69) is 0 Å². The van der Waals surface area contributed by atoms with E-state index in [9.17, 15) is 4.79 Å². The third-order valence-electron chi connectivity index (χ3n) is 4.52. The molecule has 142 valence electrons. The highest BCUT2D eigenvalue weighted by atomic mass is 32.2. The first kappa shape index (κ1) is 18.8. The second-order valence-electron chi connectivity index (χ2n) is 6.49. The molecule has 4 nitrogen and oxygen atoms in total. The van der Waals surface area contributed by atoms with Crippen LogP contribution in [-0.4, -0.2) is 16.7 Å². The van der Waals surface area contributed by atoms with Crippen LogP contribution in [0.5, 0.6) is 5.75 Å². The van der Waals surface area contributed by atoms with Gasteiger partial charge in [0, 0.05) is 16.2 Å². The van der Waals surface area contributed by atoms with Crippen LogP contribution in [0, 0.1) is 6.92 Å². The standard InChI is InChI=1S/C22H20N2O2S2/c1-15-9-10-19-18(12-15)21(25)24(13-17-7-5-11-27-17)22(23-19)28-14-16-6-3-4-8-20(16)26-2/h3-12H,13-14H2,1-2H3. The number of hydrogen-bond donors (Lipinski definition) is 0. The van der Waals surface area contributed by atoms with Gasteiger partial charge in [0.2, 0.25) is 0 Å². The fraction of sp³-hybridized carbons (Fsp3) is 0.182. The van der Waals surface area contributed by atoms with Crippen molar-refractivity contribution in [2.45, 2.75) is 24.4 Å². The third kappa shape index (κ3) is 3.84. The summed E-state index contributed by atoms with van der Waals surface area (Å²) in [6.07, 6.45) is 0. The lowest BCUT2D eigenvalue weighted by atomic mass is 10.2. The quantitative estimate of drug-likeness (QED) is 0.328. The van der Waals surface area contributed by atoms with Crippen molar-refractivity contribution in [3.8, 4) is 5.75 Å². The van der Waals surface area contributed by atoms with Crippen LogP contribution in [0.3, 0.4) is 0 Å². The van der Waals surface area contributed by atoms with E-state index in [0.29, 0.717) is 17.7 Å². The van der Waals surface area contributed by atoms with Gasteiger partial charge in [-0.25, -0.2) is 4.98 Å². The lowest BCUT2D eigenvalue weighted by molar-refractivity contribution is 0.411. The van der Waals surface area contributed by atoms with Crippen LogP contribution < -0.4 is 10.3 Å². The Bertz CT molecular complexity index is 1170. The molecule has 0 bridgehead atoms. The van der Waals surface area contributed by atoms with Gasteiger partial charge < -0.3 is 4.74 Å². The molecule has 0 spiro atoms. The Morgan fingerprint density at radius 3 is 2.79 bits per heavy atom. The maximum absolute atomic E-state index is 13.3. The first-order valence-electron chi connectivity index (χ1n) is 8.94. The molecule has 0 aliphatic rings. The van der Waals surface area contributed by atoms with Crippen LogP contribution in [-0.2, 0) is 12.3 Å². The summed E-state index contributed by atoms with van der Waals surface area (Å²) in [4.78, 5) is 19.2. The van der Waals surface area contributed by atoms with Gasteiger partial charge in [0.15, 0.2) is 5.16 Å². The first-order valence-corrected chi connectivity index (χ1v) is 10.8. The molecular formula is C22H20N2O2S2. The Hall–Kier alpha value is -2.57. The molecular weight excluding hydrogens is 388 g/mol. The molecule has 28 heavy (non-hydrogen) atoms. The molecule has 6 heteroatoms. The van der Waals surface area contributed by atoms with E-state index in [0.717, 1.165) is 32.4 Å². The molecule has 2 aromatic heterocycles. The highest BCUT2D eigenvalue weighted by Crippen LogP contribution is 2.28. The fourth-order valence-corrected chi connectivity index (χ4v) is 4.77. The van der Waals surface area contributed by atoms with Crippen molar-refractivity contribution < 1.29 is 4.74 Å². The average molecular weight is 409 g/mol. The van der Waals surface area contributed by atoms with Gasteiger partial charge in [-0.1, -0.05) is 47.7 Å². The molecule has 0 aliphatic carbocycles. The van der Waals surface area contributed by atoms with Gasteiger partial charge >= 0.3 is 0 Å². The number of methoxy groups -OCH3 is 1. The fourth-order valence-electron chi connectivity index (χ4n) is 3.09. The molecule has 2 aromatic carbocycles. The minimum atomic E-state index is 0.00428. The van der Waals surface area contributed by atoms with Crippen molar-refractivity contribution >= 4 is 34.0 Å². The van der Waals surface area contributed by atoms with Crippen molar-refractivity contribution in [3.63, 3.8) is 0 Å². The summed E-state index contributed by atoms with van der Waals surface area (Å²) in [5.41, 5.74) is 2.88. The van der Waals surface area contributed by atoms with E-state index in [1.165, 1.54) is 0 Å². The number of thioether (sulfide) groups is 1. The molecule has 0 saturated carbocycles. The molecule has 4 rings (SSSR count). The number of benzene rings is 2. The van der Waals surface area contributed by atoms with E-state index < -0.39 is 0 Å². The van der Waals surface area contributed by atoms with E-state index >= 15 is 0 Å². The number of aryl methyl sites for hydroxylation is 1. The van der Waals surface area contributed by atoms with Gasteiger partial charge in [0.1, 0.15) is 5.75 Å². The molecule has 0 N–H and O–H groups in total. The summed E-state index contributed by atoms with van der Waals surface area (Å²) in [7, 11) is 1.67. The normalized spacial score (nSPS) is 11.1. The van der Waals surface area contributed by atoms with Crippen LogP contribution in [0.1, 0.15) is 16.0 Å². The average Bonchev–Trinajstić information content (AvgIpc) is 3.23. The number of ether oxygens (including phenoxy) is 1. The number of nitrogens with zero attached hydrogens (tertiary/aromatic N) is 2. The number of rotatable bonds is 6. The highest BCUT2D eigenvalue weighted by Gasteiger charge is 2.14.